The lowest BCUT2D eigenvalue weighted by Gasteiger charge is -2.34. The van der Waals surface area contributed by atoms with Crippen molar-refractivity contribution in [2.45, 2.75) is 57.5 Å². The molecule has 1 aromatic rings. The van der Waals surface area contributed by atoms with Gasteiger partial charge in [-0.15, -0.1) is 0 Å². The van der Waals surface area contributed by atoms with Crippen LogP contribution in [0.15, 0.2) is 18.2 Å². The van der Waals surface area contributed by atoms with Crippen LogP contribution in [0.3, 0.4) is 0 Å². The Morgan fingerprint density at radius 1 is 1.08 bits per heavy atom. The van der Waals surface area contributed by atoms with Crippen molar-refractivity contribution in [2.75, 3.05) is 38.5 Å². The second-order valence-corrected chi connectivity index (χ2v) is 10.6. The van der Waals surface area contributed by atoms with Gasteiger partial charge in [0.2, 0.25) is 24.1 Å². The lowest BCUT2D eigenvalue weighted by atomic mass is 9.89. The number of piperazine rings is 1. The number of carbonyl (C=O) groups is 4. The van der Waals surface area contributed by atoms with E-state index < -0.39 is 23.8 Å². The number of hydrogen-bond acceptors (Lipinski definition) is 5. The van der Waals surface area contributed by atoms with Gasteiger partial charge in [-0.2, -0.15) is 0 Å². The molecule has 3 N–H and O–H groups in total. The van der Waals surface area contributed by atoms with E-state index in [0.717, 1.165) is 38.8 Å². The van der Waals surface area contributed by atoms with E-state index in [-0.39, 0.29) is 36.3 Å². The van der Waals surface area contributed by atoms with Gasteiger partial charge >= 0.3 is 0 Å². The first-order chi connectivity index (χ1) is 17.8. The van der Waals surface area contributed by atoms with Crippen LogP contribution in [-0.2, 0) is 25.6 Å². The standard InChI is InChI=1S/C27H38FN5O4/c1-3-23(35)30-22(27(37)33-12-10-32(2)11-13-33)15-17-4-9-21(20(28)14-17)31-26(36)25(29-16-34)24(18-5-6-18)19-7-8-19/h4,9,14,16,18-19,22,24-25H,3,5-8,10-13,15H2,1-2H3,(H,29,34)(H,30,35)(H,31,36). The molecule has 10 heteroatoms. The molecule has 2 saturated carbocycles. The maximum Gasteiger partial charge on any atom is 0.247 e. The summed E-state index contributed by atoms with van der Waals surface area (Å²) in [6, 6.07) is 2.94. The first-order valence-corrected chi connectivity index (χ1v) is 13.4. The van der Waals surface area contributed by atoms with Crippen molar-refractivity contribution in [3.8, 4) is 0 Å². The van der Waals surface area contributed by atoms with Gasteiger partial charge < -0.3 is 25.8 Å². The highest BCUT2D eigenvalue weighted by Gasteiger charge is 2.47. The summed E-state index contributed by atoms with van der Waals surface area (Å²) in [6.07, 6.45) is 5.14. The third-order valence-corrected chi connectivity index (χ3v) is 7.75. The average Bonchev–Trinajstić information content (AvgIpc) is 3.80. The van der Waals surface area contributed by atoms with E-state index in [1.165, 1.54) is 12.1 Å². The molecule has 1 saturated heterocycles. The SMILES string of the molecule is CCC(=O)NC(Cc1ccc(NC(=O)C(NC=O)C(C2CC2)C2CC2)c(F)c1)C(=O)N1CCN(C)CC1. The fourth-order valence-electron chi connectivity index (χ4n) is 5.30. The highest BCUT2D eigenvalue weighted by Crippen LogP contribution is 2.50. The van der Waals surface area contributed by atoms with E-state index in [1.807, 2.05) is 7.05 Å². The predicted molar refractivity (Wildman–Crippen MR) is 137 cm³/mol. The fraction of sp³-hybridized carbons (Fsp3) is 0.630. The van der Waals surface area contributed by atoms with Crippen LogP contribution in [0, 0.1) is 23.6 Å². The Balaban J connectivity index is 1.44. The molecule has 4 amide bonds. The molecule has 2 atom stereocenters. The number of hydrogen-bond donors (Lipinski definition) is 3. The Morgan fingerprint density at radius 2 is 1.73 bits per heavy atom. The van der Waals surface area contributed by atoms with Crippen molar-refractivity contribution in [3.05, 3.63) is 29.6 Å². The Hall–Kier alpha value is -3.01. The van der Waals surface area contributed by atoms with E-state index in [1.54, 1.807) is 17.9 Å². The zero-order valence-electron chi connectivity index (χ0n) is 21.7. The summed E-state index contributed by atoms with van der Waals surface area (Å²) in [6.45, 7) is 4.38. The number of halogens is 1. The summed E-state index contributed by atoms with van der Waals surface area (Å²) in [5, 5.41) is 8.12. The quantitative estimate of drug-likeness (QED) is 0.366. The van der Waals surface area contributed by atoms with E-state index in [9.17, 15) is 19.2 Å². The monoisotopic (exact) mass is 515 g/mol. The van der Waals surface area contributed by atoms with Gasteiger partial charge in [0.05, 0.1) is 5.69 Å². The molecule has 1 aromatic carbocycles. The minimum Gasteiger partial charge on any atom is -0.347 e. The number of nitrogens with one attached hydrogen (secondary N) is 3. The third-order valence-electron chi connectivity index (χ3n) is 7.75. The second kappa shape index (κ2) is 12.0. The summed E-state index contributed by atoms with van der Waals surface area (Å²) in [5.41, 5.74) is 0.562. The maximum absolute atomic E-state index is 15.1. The van der Waals surface area contributed by atoms with Gasteiger partial charge in [-0.1, -0.05) is 13.0 Å². The van der Waals surface area contributed by atoms with Crippen molar-refractivity contribution in [1.82, 2.24) is 20.4 Å². The Bertz CT molecular complexity index is 993. The predicted octanol–water partition coefficient (Wildman–Crippen LogP) is 1.53. The smallest absolute Gasteiger partial charge is 0.247 e. The molecule has 202 valence electrons. The van der Waals surface area contributed by atoms with E-state index >= 15 is 4.39 Å². The zero-order chi connectivity index (χ0) is 26.5. The molecular formula is C27H38FN5O4. The normalized spacial score (nSPS) is 19.7. The number of amides is 4. The van der Waals surface area contributed by atoms with Gasteiger partial charge in [0, 0.05) is 39.0 Å². The molecule has 0 radical (unpaired) electrons. The lowest BCUT2D eigenvalue weighted by Crippen LogP contribution is -2.54. The van der Waals surface area contributed by atoms with Crippen molar-refractivity contribution in [2.24, 2.45) is 17.8 Å². The van der Waals surface area contributed by atoms with Crippen LogP contribution in [0.2, 0.25) is 0 Å². The number of likely N-dealkylation sites (N-methyl/N-ethyl adjacent to an activating group) is 1. The Morgan fingerprint density at radius 3 is 2.27 bits per heavy atom. The number of benzene rings is 1. The van der Waals surface area contributed by atoms with Crippen LogP contribution in [0.5, 0.6) is 0 Å². The van der Waals surface area contributed by atoms with Crippen LogP contribution < -0.4 is 16.0 Å². The van der Waals surface area contributed by atoms with Crippen molar-refractivity contribution >= 4 is 29.8 Å². The van der Waals surface area contributed by atoms with Crippen molar-refractivity contribution in [3.63, 3.8) is 0 Å². The minimum atomic E-state index is -0.797. The molecule has 0 spiro atoms. The van der Waals surface area contributed by atoms with Crippen LogP contribution in [0.1, 0.15) is 44.6 Å². The fourth-order valence-corrected chi connectivity index (χ4v) is 5.30. The summed E-state index contributed by atoms with van der Waals surface area (Å²) in [7, 11) is 2.00. The van der Waals surface area contributed by atoms with Crippen LogP contribution in [0.4, 0.5) is 10.1 Å². The van der Waals surface area contributed by atoms with Gasteiger partial charge in [-0.05, 0) is 68.2 Å². The molecular weight excluding hydrogens is 477 g/mol. The van der Waals surface area contributed by atoms with Crippen LogP contribution in [0.25, 0.3) is 0 Å². The summed E-state index contributed by atoms with van der Waals surface area (Å²) >= 11 is 0. The van der Waals surface area contributed by atoms with Gasteiger partial charge in [-0.25, -0.2) is 4.39 Å². The van der Waals surface area contributed by atoms with E-state index in [2.05, 4.69) is 20.9 Å². The molecule has 37 heavy (non-hydrogen) atoms. The molecule has 3 aliphatic rings. The van der Waals surface area contributed by atoms with E-state index in [0.29, 0.717) is 36.9 Å². The van der Waals surface area contributed by atoms with Gasteiger partial charge in [0.1, 0.15) is 17.9 Å². The molecule has 0 aromatic heterocycles. The first kappa shape index (κ1) is 27.0. The maximum atomic E-state index is 15.1. The highest BCUT2D eigenvalue weighted by molar-refractivity contribution is 5.96. The molecule has 2 aliphatic carbocycles. The molecule has 0 bridgehead atoms. The highest BCUT2D eigenvalue weighted by atomic mass is 19.1. The molecule has 4 rings (SSSR count). The van der Waals surface area contributed by atoms with E-state index in [4.69, 9.17) is 0 Å². The molecule has 2 unspecified atom stereocenters. The van der Waals surface area contributed by atoms with Gasteiger partial charge in [0.25, 0.3) is 0 Å². The summed E-state index contributed by atoms with van der Waals surface area (Å²) in [4.78, 5) is 53.5. The second-order valence-electron chi connectivity index (χ2n) is 10.6. The average molecular weight is 516 g/mol. The van der Waals surface area contributed by atoms with Crippen molar-refractivity contribution in [1.29, 1.82) is 0 Å². The summed E-state index contributed by atoms with van der Waals surface area (Å²) < 4.78 is 15.1. The molecule has 3 fully saturated rings. The lowest BCUT2D eigenvalue weighted by molar-refractivity contribution is -0.137. The topological polar surface area (TPSA) is 111 Å². The molecule has 1 aliphatic heterocycles. The number of rotatable bonds is 12. The Labute approximate surface area is 217 Å². The molecule has 9 nitrogen and oxygen atoms in total. The zero-order valence-corrected chi connectivity index (χ0v) is 21.7. The Kier molecular flexibility index (Phi) is 8.79. The van der Waals surface area contributed by atoms with Gasteiger partial charge in [-0.3, -0.25) is 19.2 Å². The minimum absolute atomic E-state index is 0.0244. The largest absolute Gasteiger partial charge is 0.347 e. The first-order valence-electron chi connectivity index (χ1n) is 13.4. The van der Waals surface area contributed by atoms with Crippen LogP contribution in [-0.4, -0.2) is 79.2 Å². The number of anilines is 1. The number of carbonyl (C=O) groups excluding carboxylic acids is 4. The number of nitrogens with zero attached hydrogens (tertiary/aromatic N) is 2. The van der Waals surface area contributed by atoms with Gasteiger partial charge in [0.15, 0.2) is 0 Å². The third kappa shape index (κ3) is 7.06. The summed E-state index contributed by atoms with van der Waals surface area (Å²) in [5.74, 6) is -0.533. The van der Waals surface area contributed by atoms with Crippen LogP contribution >= 0.6 is 0 Å². The van der Waals surface area contributed by atoms with Crippen molar-refractivity contribution < 1.29 is 23.6 Å². The molecule has 1 heterocycles.